The van der Waals surface area contributed by atoms with Crippen LogP contribution in [0.4, 0.5) is 14.9 Å². The molecule has 1 aromatic heterocycles. The van der Waals surface area contributed by atoms with Gasteiger partial charge in [0, 0.05) is 11.3 Å². The lowest BCUT2D eigenvalue weighted by Crippen LogP contribution is -2.41. The Bertz CT molecular complexity index is 1210. The van der Waals surface area contributed by atoms with Crippen molar-refractivity contribution in [1.29, 1.82) is 0 Å². The summed E-state index contributed by atoms with van der Waals surface area (Å²) in [5.74, 6) is 0.262. The lowest BCUT2D eigenvalue weighted by atomic mass is 10.0. The van der Waals surface area contributed by atoms with Crippen LogP contribution in [0.1, 0.15) is 35.0 Å². The minimum atomic E-state index is -1.01. The number of anilines is 1. The summed E-state index contributed by atoms with van der Waals surface area (Å²) >= 11 is 0. The van der Waals surface area contributed by atoms with E-state index in [-0.39, 0.29) is 18.1 Å². The molecular weight excluding hydrogens is 459 g/mol. The average molecular weight is 482 g/mol. The molecule has 1 atom stereocenters. The van der Waals surface area contributed by atoms with Crippen LogP contribution >= 0.6 is 0 Å². The number of nitrogens with zero attached hydrogens (tertiary/aromatic N) is 3. The van der Waals surface area contributed by atoms with Gasteiger partial charge in [-0.2, -0.15) is 10.1 Å². The van der Waals surface area contributed by atoms with Gasteiger partial charge in [-0.1, -0.05) is 19.1 Å². The zero-order chi connectivity index (χ0) is 24.8. The molecule has 0 saturated heterocycles. The van der Waals surface area contributed by atoms with Crippen molar-refractivity contribution in [3.8, 4) is 11.5 Å². The van der Waals surface area contributed by atoms with Crippen LogP contribution in [0, 0.1) is 0 Å². The van der Waals surface area contributed by atoms with Crippen molar-refractivity contribution in [2.45, 2.75) is 26.0 Å². The molecule has 0 fully saturated rings. The molecule has 3 aromatic rings. The minimum absolute atomic E-state index is 0.0936. The third kappa shape index (κ3) is 5.40. The quantitative estimate of drug-likeness (QED) is 0.481. The average Bonchev–Trinajstić information content (AvgIpc) is 3.42. The molecule has 182 valence electrons. The maximum Gasteiger partial charge on any atom is 0.431 e. The minimum Gasteiger partial charge on any atom is -0.493 e. The fraction of sp³-hybridized carbons (Fsp3) is 0.250. The van der Waals surface area contributed by atoms with E-state index in [1.165, 1.54) is 24.7 Å². The zero-order valence-corrected chi connectivity index (χ0v) is 19.1. The molecule has 0 radical (unpaired) electrons. The number of cyclic esters (lactones) is 1. The molecule has 35 heavy (non-hydrogen) atoms. The van der Waals surface area contributed by atoms with Gasteiger partial charge in [0.25, 0.3) is 5.91 Å². The Morgan fingerprint density at radius 2 is 2.00 bits per heavy atom. The smallest absolute Gasteiger partial charge is 0.431 e. The van der Waals surface area contributed by atoms with Crippen LogP contribution in [-0.2, 0) is 11.3 Å². The van der Waals surface area contributed by atoms with E-state index in [0.717, 1.165) is 5.56 Å². The molecule has 1 aliphatic rings. The Kier molecular flexibility index (Phi) is 7.24. The molecule has 2 aromatic carbocycles. The van der Waals surface area contributed by atoms with E-state index in [2.05, 4.69) is 15.4 Å². The second-order valence-corrected chi connectivity index (χ2v) is 7.46. The fourth-order valence-corrected chi connectivity index (χ4v) is 3.49. The first kappa shape index (κ1) is 23.7. The summed E-state index contributed by atoms with van der Waals surface area (Å²) in [4.78, 5) is 28.4. The predicted octanol–water partition coefficient (Wildman–Crippen LogP) is 4.38. The highest BCUT2D eigenvalue weighted by atomic mass is 19.1. The zero-order valence-electron chi connectivity index (χ0n) is 19.1. The molecule has 0 spiro atoms. The molecule has 2 amide bonds. The van der Waals surface area contributed by atoms with Gasteiger partial charge in [0.05, 0.1) is 19.9 Å². The highest BCUT2D eigenvalue weighted by molar-refractivity contribution is 6.06. The van der Waals surface area contributed by atoms with Gasteiger partial charge in [0.1, 0.15) is 11.8 Å². The molecule has 0 aliphatic carbocycles. The van der Waals surface area contributed by atoms with Crippen molar-refractivity contribution in [2.75, 3.05) is 19.3 Å². The van der Waals surface area contributed by atoms with Crippen LogP contribution in [0.5, 0.6) is 11.5 Å². The van der Waals surface area contributed by atoms with Gasteiger partial charge in [-0.05, 0) is 42.3 Å². The molecule has 1 unspecified atom stereocenters. The number of hydrogen-bond acceptors (Lipinski definition) is 8. The van der Waals surface area contributed by atoms with Crippen LogP contribution < -0.4 is 14.8 Å². The maximum absolute atomic E-state index is 12.8. The molecule has 11 heteroatoms. The first-order valence-electron chi connectivity index (χ1n) is 10.7. The highest BCUT2D eigenvalue weighted by Gasteiger charge is 2.31. The van der Waals surface area contributed by atoms with Gasteiger partial charge in [-0.3, -0.25) is 4.79 Å². The number of oxazole rings is 1. The molecule has 0 saturated carbocycles. The van der Waals surface area contributed by atoms with Crippen molar-refractivity contribution < 1.29 is 32.6 Å². The van der Waals surface area contributed by atoms with E-state index in [4.69, 9.17) is 18.6 Å². The maximum atomic E-state index is 12.8. The molecular formula is C24H23FN4O6. The number of ether oxygens (including phenoxy) is 3. The number of benzene rings is 2. The van der Waals surface area contributed by atoms with Gasteiger partial charge < -0.3 is 23.9 Å². The van der Waals surface area contributed by atoms with Gasteiger partial charge in [-0.15, -0.1) is 0 Å². The van der Waals surface area contributed by atoms with Crippen LogP contribution in [0.2, 0.25) is 0 Å². The monoisotopic (exact) mass is 482 g/mol. The van der Waals surface area contributed by atoms with Crippen LogP contribution in [0.15, 0.2) is 64.6 Å². The Morgan fingerprint density at radius 1 is 1.20 bits per heavy atom. The van der Waals surface area contributed by atoms with Gasteiger partial charge in [-0.25, -0.2) is 14.2 Å². The number of amides is 2. The van der Waals surface area contributed by atoms with E-state index in [9.17, 15) is 14.0 Å². The number of rotatable bonds is 9. The standard InChI is InChI=1S/C24H23FN4O6/c1-3-18-22(16-6-9-19(32-2)20(10-16)33-13-25)28-29(24(31)35-18)12-15-4-7-17(8-5-15)27-23(30)21-11-26-14-34-21/h4-11,14,18H,3,12-13H2,1-2H3,(H,27,30). The number of halogens is 1. The van der Waals surface area contributed by atoms with E-state index in [1.54, 1.807) is 42.5 Å². The Hall–Kier alpha value is -4.41. The third-order valence-corrected chi connectivity index (χ3v) is 5.23. The molecule has 1 aliphatic heterocycles. The second-order valence-electron chi connectivity index (χ2n) is 7.46. The van der Waals surface area contributed by atoms with Gasteiger partial charge in [0.2, 0.25) is 12.6 Å². The van der Waals surface area contributed by atoms with E-state index >= 15 is 0 Å². The van der Waals surface area contributed by atoms with Crippen molar-refractivity contribution in [2.24, 2.45) is 5.10 Å². The normalized spacial score (nSPS) is 15.3. The van der Waals surface area contributed by atoms with E-state index in [0.29, 0.717) is 29.1 Å². The van der Waals surface area contributed by atoms with Gasteiger partial charge in [0.15, 0.2) is 17.9 Å². The van der Waals surface area contributed by atoms with Crippen molar-refractivity contribution in [3.05, 3.63) is 71.9 Å². The highest BCUT2D eigenvalue weighted by Crippen LogP contribution is 2.30. The van der Waals surface area contributed by atoms with Crippen LogP contribution in [0.3, 0.4) is 0 Å². The fourth-order valence-electron chi connectivity index (χ4n) is 3.49. The predicted molar refractivity (Wildman–Crippen MR) is 123 cm³/mol. The van der Waals surface area contributed by atoms with Gasteiger partial charge >= 0.3 is 6.09 Å². The topological polar surface area (TPSA) is 115 Å². The van der Waals surface area contributed by atoms with Crippen molar-refractivity contribution in [3.63, 3.8) is 0 Å². The number of carbonyl (C=O) groups is 2. The Balaban J connectivity index is 1.53. The summed E-state index contributed by atoms with van der Waals surface area (Å²) in [5.41, 5.74) is 2.43. The number of nitrogens with one attached hydrogen (secondary N) is 1. The summed E-state index contributed by atoms with van der Waals surface area (Å²) in [7, 11) is 1.46. The number of carbonyl (C=O) groups excluding carboxylic acids is 2. The van der Waals surface area contributed by atoms with Crippen molar-refractivity contribution >= 4 is 23.4 Å². The Morgan fingerprint density at radius 3 is 2.66 bits per heavy atom. The number of alkyl halides is 1. The number of hydrazone groups is 1. The Labute approximate surface area is 200 Å². The number of aromatic nitrogens is 1. The largest absolute Gasteiger partial charge is 0.493 e. The first-order valence-corrected chi connectivity index (χ1v) is 10.7. The SMILES string of the molecule is CCC1OC(=O)N(Cc2ccc(NC(=O)c3cnco3)cc2)N=C1c1ccc(OC)c(OCF)c1. The summed E-state index contributed by atoms with van der Waals surface area (Å²) in [6, 6.07) is 11.9. The summed E-state index contributed by atoms with van der Waals surface area (Å²) in [6.07, 6.45) is 1.84. The van der Waals surface area contributed by atoms with Crippen molar-refractivity contribution in [1.82, 2.24) is 9.99 Å². The summed E-state index contributed by atoms with van der Waals surface area (Å²) in [5, 5.41) is 8.45. The lowest BCUT2D eigenvalue weighted by molar-refractivity contribution is 0.0712. The van der Waals surface area contributed by atoms with E-state index < -0.39 is 25.0 Å². The molecule has 2 heterocycles. The molecule has 4 rings (SSSR count). The van der Waals surface area contributed by atoms with Crippen LogP contribution in [0.25, 0.3) is 0 Å². The van der Waals surface area contributed by atoms with Crippen LogP contribution in [-0.4, -0.2) is 47.8 Å². The van der Waals surface area contributed by atoms with E-state index in [1.807, 2.05) is 6.92 Å². The molecule has 10 nitrogen and oxygen atoms in total. The molecule has 0 bridgehead atoms. The lowest BCUT2D eigenvalue weighted by Gasteiger charge is -2.29. The summed E-state index contributed by atoms with van der Waals surface area (Å²) in [6.45, 7) is 0.996. The number of methoxy groups -OCH3 is 1. The third-order valence-electron chi connectivity index (χ3n) is 5.23. The second kappa shape index (κ2) is 10.7. The molecule has 1 N–H and O–H groups in total. The first-order chi connectivity index (χ1) is 17.0. The number of hydrogen-bond donors (Lipinski definition) is 1. The summed E-state index contributed by atoms with van der Waals surface area (Å²) < 4.78 is 33.6.